The number of amides is 2. The summed E-state index contributed by atoms with van der Waals surface area (Å²) in [4.78, 5) is 19.6. The van der Waals surface area contributed by atoms with Crippen LogP contribution in [0, 0.1) is 0 Å². The minimum Gasteiger partial charge on any atom is -0.494 e. The van der Waals surface area contributed by atoms with Gasteiger partial charge in [0.25, 0.3) is 5.89 Å². The van der Waals surface area contributed by atoms with Crippen LogP contribution in [0.15, 0.2) is 89.1 Å². The summed E-state index contributed by atoms with van der Waals surface area (Å²) in [6.45, 7) is 4.36. The van der Waals surface area contributed by atoms with Crippen molar-refractivity contribution >= 4 is 28.9 Å². The Morgan fingerprint density at radius 2 is 1.83 bits per heavy atom. The van der Waals surface area contributed by atoms with E-state index >= 15 is 0 Å². The van der Waals surface area contributed by atoms with Crippen LogP contribution >= 0.6 is 11.6 Å². The molecule has 1 atom stereocenters. The van der Waals surface area contributed by atoms with Gasteiger partial charge in [-0.05, 0) is 55.8 Å². The number of anilines is 1. The van der Waals surface area contributed by atoms with Crippen LogP contribution in [0.25, 0.3) is 17.0 Å². The van der Waals surface area contributed by atoms with Crippen LogP contribution in [0.2, 0.25) is 5.02 Å². The molecule has 3 aromatic carbocycles. The molecule has 0 spiro atoms. The quantitative estimate of drug-likeness (QED) is 0.337. The number of benzene rings is 3. The average Bonchev–Trinajstić information content (AvgIpc) is 3.35. The van der Waals surface area contributed by atoms with E-state index in [4.69, 9.17) is 20.9 Å². The van der Waals surface area contributed by atoms with Gasteiger partial charge < -0.3 is 14.6 Å². The number of carbonyl (C=O) groups is 1. The van der Waals surface area contributed by atoms with Gasteiger partial charge in [-0.15, -0.1) is 0 Å². The van der Waals surface area contributed by atoms with Crippen molar-refractivity contribution in [2.24, 2.45) is 0 Å². The molecule has 7 nitrogen and oxygen atoms in total. The lowest BCUT2D eigenvalue weighted by molar-refractivity contribution is 0.244. The zero-order valence-corrected chi connectivity index (χ0v) is 20.0. The van der Waals surface area contributed by atoms with Crippen molar-refractivity contribution in [3.63, 3.8) is 0 Å². The molecule has 1 aliphatic rings. The van der Waals surface area contributed by atoms with E-state index in [0.29, 0.717) is 40.3 Å². The number of ether oxygens (including phenoxy) is 1. The highest BCUT2D eigenvalue weighted by Gasteiger charge is 2.36. The SMILES string of the molecule is CCOc1ccc(N2C(=O)NC(c3cccc(Cl)c3)C(c3nc(-c4ccccc4)no3)=C2C)cc1. The highest BCUT2D eigenvalue weighted by atomic mass is 35.5. The van der Waals surface area contributed by atoms with E-state index in [0.717, 1.165) is 16.9 Å². The van der Waals surface area contributed by atoms with E-state index < -0.39 is 6.04 Å². The molecular formula is C27H23ClN4O3. The lowest BCUT2D eigenvalue weighted by atomic mass is 9.94. The van der Waals surface area contributed by atoms with Gasteiger partial charge in [-0.3, -0.25) is 4.90 Å². The molecule has 5 rings (SSSR count). The first kappa shape index (κ1) is 22.7. The summed E-state index contributed by atoms with van der Waals surface area (Å²) in [5, 5.41) is 7.85. The molecule has 176 valence electrons. The molecule has 4 aromatic rings. The maximum absolute atomic E-state index is 13.3. The first-order valence-corrected chi connectivity index (χ1v) is 11.6. The predicted molar refractivity (Wildman–Crippen MR) is 135 cm³/mol. The Morgan fingerprint density at radius 3 is 2.54 bits per heavy atom. The van der Waals surface area contributed by atoms with Gasteiger partial charge in [0.2, 0.25) is 5.82 Å². The smallest absolute Gasteiger partial charge is 0.326 e. The molecule has 0 radical (unpaired) electrons. The summed E-state index contributed by atoms with van der Waals surface area (Å²) < 4.78 is 11.3. The van der Waals surface area contributed by atoms with Crippen LogP contribution in [0.1, 0.15) is 31.3 Å². The average molecular weight is 487 g/mol. The number of rotatable bonds is 6. The Bertz CT molecular complexity index is 1380. The van der Waals surface area contributed by atoms with Crippen molar-refractivity contribution in [1.82, 2.24) is 15.5 Å². The molecule has 0 bridgehead atoms. The molecule has 1 aliphatic heterocycles. The molecule has 2 heterocycles. The third-order valence-electron chi connectivity index (χ3n) is 5.76. The lowest BCUT2D eigenvalue weighted by Gasteiger charge is -2.35. The number of hydrogen-bond donors (Lipinski definition) is 1. The summed E-state index contributed by atoms with van der Waals surface area (Å²) in [5.41, 5.74) is 3.70. The minimum atomic E-state index is -0.524. The standard InChI is InChI=1S/C27H23ClN4O3/c1-3-34-22-14-12-21(13-15-22)32-17(2)23(24(29-27(32)33)19-10-7-11-20(28)16-19)26-30-25(31-35-26)18-8-5-4-6-9-18/h4-16,24H,3H2,1-2H3,(H,29,33). The van der Waals surface area contributed by atoms with E-state index in [1.54, 1.807) is 11.0 Å². The van der Waals surface area contributed by atoms with Crippen LogP contribution in [-0.2, 0) is 0 Å². The Labute approximate surface area is 208 Å². The minimum absolute atomic E-state index is 0.275. The molecule has 8 heteroatoms. The van der Waals surface area contributed by atoms with E-state index in [9.17, 15) is 4.79 Å². The monoisotopic (exact) mass is 486 g/mol. The van der Waals surface area contributed by atoms with Gasteiger partial charge in [-0.25, -0.2) is 4.79 Å². The van der Waals surface area contributed by atoms with Crippen molar-refractivity contribution in [3.8, 4) is 17.1 Å². The lowest BCUT2D eigenvalue weighted by Crippen LogP contribution is -2.46. The van der Waals surface area contributed by atoms with E-state index in [2.05, 4.69) is 15.5 Å². The van der Waals surface area contributed by atoms with Crippen LogP contribution < -0.4 is 15.0 Å². The van der Waals surface area contributed by atoms with E-state index in [-0.39, 0.29) is 6.03 Å². The molecular weight excluding hydrogens is 464 g/mol. The van der Waals surface area contributed by atoms with Crippen molar-refractivity contribution in [2.45, 2.75) is 19.9 Å². The molecule has 0 fully saturated rings. The summed E-state index contributed by atoms with van der Waals surface area (Å²) in [7, 11) is 0. The molecule has 35 heavy (non-hydrogen) atoms. The number of halogens is 1. The van der Waals surface area contributed by atoms with Gasteiger partial charge in [0, 0.05) is 16.3 Å². The fraction of sp³-hybridized carbons (Fsp3) is 0.148. The van der Waals surface area contributed by atoms with E-state index in [1.165, 1.54) is 0 Å². The van der Waals surface area contributed by atoms with Gasteiger partial charge in [0.15, 0.2) is 0 Å². The zero-order valence-electron chi connectivity index (χ0n) is 19.2. The summed E-state index contributed by atoms with van der Waals surface area (Å²) in [6.07, 6.45) is 0. The number of nitrogens with one attached hydrogen (secondary N) is 1. The first-order chi connectivity index (χ1) is 17.0. The Kier molecular flexibility index (Phi) is 6.25. The summed E-state index contributed by atoms with van der Waals surface area (Å²) >= 11 is 6.28. The Morgan fingerprint density at radius 1 is 1.06 bits per heavy atom. The number of aromatic nitrogens is 2. The largest absolute Gasteiger partial charge is 0.494 e. The number of nitrogens with zero attached hydrogens (tertiary/aromatic N) is 3. The van der Waals surface area contributed by atoms with Gasteiger partial charge in [0.05, 0.1) is 23.9 Å². The Hall–Kier alpha value is -4.10. The third kappa shape index (κ3) is 4.50. The second kappa shape index (κ2) is 9.64. The zero-order chi connectivity index (χ0) is 24.4. The highest BCUT2D eigenvalue weighted by Crippen LogP contribution is 2.39. The highest BCUT2D eigenvalue weighted by molar-refractivity contribution is 6.30. The normalized spacial score (nSPS) is 15.8. The van der Waals surface area contributed by atoms with Crippen molar-refractivity contribution in [1.29, 1.82) is 0 Å². The number of carbonyl (C=O) groups excluding carboxylic acids is 1. The van der Waals surface area contributed by atoms with Crippen molar-refractivity contribution in [2.75, 3.05) is 11.5 Å². The van der Waals surface area contributed by atoms with Gasteiger partial charge in [-0.1, -0.05) is 59.2 Å². The van der Waals surface area contributed by atoms with Crippen LogP contribution in [-0.4, -0.2) is 22.8 Å². The van der Waals surface area contributed by atoms with Crippen molar-refractivity contribution in [3.05, 3.63) is 101 Å². The molecule has 2 amide bonds. The summed E-state index contributed by atoms with van der Waals surface area (Å²) in [5.74, 6) is 1.52. The molecule has 1 unspecified atom stereocenters. The molecule has 0 saturated heterocycles. The van der Waals surface area contributed by atoms with Crippen molar-refractivity contribution < 1.29 is 14.1 Å². The number of hydrogen-bond acceptors (Lipinski definition) is 5. The van der Waals surface area contributed by atoms with Crippen LogP contribution in [0.4, 0.5) is 10.5 Å². The second-order valence-corrected chi connectivity index (χ2v) is 8.42. The second-order valence-electron chi connectivity index (χ2n) is 7.99. The fourth-order valence-corrected chi connectivity index (χ4v) is 4.36. The van der Waals surface area contributed by atoms with Crippen LogP contribution in [0.3, 0.4) is 0 Å². The number of urea groups is 1. The fourth-order valence-electron chi connectivity index (χ4n) is 4.16. The van der Waals surface area contributed by atoms with E-state index in [1.807, 2.05) is 86.6 Å². The maximum Gasteiger partial charge on any atom is 0.326 e. The van der Waals surface area contributed by atoms with Gasteiger partial charge in [0.1, 0.15) is 5.75 Å². The number of allylic oxidation sites excluding steroid dienone is 1. The molecule has 0 saturated carbocycles. The predicted octanol–water partition coefficient (Wildman–Crippen LogP) is 6.49. The maximum atomic E-state index is 13.3. The molecule has 1 N–H and O–H groups in total. The van der Waals surface area contributed by atoms with Gasteiger partial charge >= 0.3 is 6.03 Å². The molecule has 1 aromatic heterocycles. The summed E-state index contributed by atoms with van der Waals surface area (Å²) in [6, 6.07) is 23.5. The third-order valence-corrected chi connectivity index (χ3v) is 6.00. The Balaban J connectivity index is 1.63. The molecule has 0 aliphatic carbocycles. The van der Waals surface area contributed by atoms with Gasteiger partial charge in [-0.2, -0.15) is 4.98 Å². The van der Waals surface area contributed by atoms with Crippen LogP contribution in [0.5, 0.6) is 5.75 Å². The topological polar surface area (TPSA) is 80.5 Å². The first-order valence-electron chi connectivity index (χ1n) is 11.2.